The van der Waals surface area contributed by atoms with Crippen LogP contribution in [0.1, 0.15) is 31.0 Å². The van der Waals surface area contributed by atoms with Gasteiger partial charge in [-0.25, -0.2) is 4.39 Å². The van der Waals surface area contributed by atoms with Crippen molar-refractivity contribution in [3.05, 3.63) is 89.5 Å². The molecule has 5 nitrogen and oxygen atoms in total. The third-order valence-electron chi connectivity index (χ3n) is 5.10. The van der Waals surface area contributed by atoms with Gasteiger partial charge >= 0.3 is 0 Å². The van der Waals surface area contributed by atoms with E-state index in [1.807, 2.05) is 12.1 Å². The van der Waals surface area contributed by atoms with Crippen LogP contribution in [0, 0.1) is 5.82 Å². The number of hydrogen-bond donors (Lipinski definition) is 1. The van der Waals surface area contributed by atoms with E-state index in [1.165, 1.54) is 17.0 Å². The zero-order valence-corrected chi connectivity index (χ0v) is 17.8. The second-order valence-corrected chi connectivity index (χ2v) is 7.85. The van der Waals surface area contributed by atoms with Gasteiger partial charge < -0.3 is 4.57 Å². The molecule has 0 radical (unpaired) electrons. The first-order valence-corrected chi connectivity index (χ1v) is 10.2. The molecule has 1 fully saturated rings. The lowest BCUT2D eigenvalue weighted by Crippen LogP contribution is -2.54. The second kappa shape index (κ2) is 8.28. The van der Waals surface area contributed by atoms with Crippen LogP contribution in [0.25, 0.3) is 11.8 Å². The number of hydrogen-bond acceptors (Lipinski definition) is 3. The van der Waals surface area contributed by atoms with Gasteiger partial charge in [-0.3, -0.25) is 19.8 Å². The minimum absolute atomic E-state index is 0.0222. The molecule has 1 aromatic heterocycles. The summed E-state index contributed by atoms with van der Waals surface area (Å²) in [5.41, 5.74) is 2.42. The predicted molar refractivity (Wildman–Crippen MR) is 122 cm³/mol. The number of halogens is 1. The lowest BCUT2D eigenvalue weighted by atomic mass is 10.0. The first kappa shape index (κ1) is 20.7. The monoisotopic (exact) mass is 433 g/mol. The summed E-state index contributed by atoms with van der Waals surface area (Å²) in [5.74, 6) is -1.19. The van der Waals surface area contributed by atoms with E-state index in [0.29, 0.717) is 23.0 Å². The lowest BCUT2D eigenvalue weighted by Gasteiger charge is -2.29. The Morgan fingerprint density at radius 2 is 1.71 bits per heavy atom. The van der Waals surface area contributed by atoms with Gasteiger partial charge in [-0.05, 0) is 66.2 Å². The van der Waals surface area contributed by atoms with Crippen molar-refractivity contribution in [3.8, 4) is 5.69 Å². The van der Waals surface area contributed by atoms with E-state index in [1.54, 1.807) is 53.2 Å². The molecule has 2 aromatic carbocycles. The first-order chi connectivity index (χ1) is 14.9. The SMILES string of the molecule is CC(C)c1ccc(N2C(=O)C(=Cc3cccn3-c3ccccc3F)C(=O)NC2=S)cc1. The van der Waals surface area contributed by atoms with E-state index < -0.39 is 17.6 Å². The normalized spacial score (nSPS) is 15.7. The van der Waals surface area contributed by atoms with Crippen molar-refractivity contribution in [3.63, 3.8) is 0 Å². The molecule has 0 atom stereocenters. The highest BCUT2D eigenvalue weighted by Crippen LogP contribution is 2.25. The zero-order valence-electron chi connectivity index (χ0n) is 17.0. The lowest BCUT2D eigenvalue weighted by molar-refractivity contribution is -0.122. The Morgan fingerprint density at radius 3 is 2.39 bits per heavy atom. The fourth-order valence-electron chi connectivity index (χ4n) is 3.43. The summed E-state index contributed by atoms with van der Waals surface area (Å²) >= 11 is 5.26. The number of amides is 2. The van der Waals surface area contributed by atoms with Gasteiger partial charge in [-0.2, -0.15) is 0 Å². The van der Waals surface area contributed by atoms with Gasteiger partial charge in [0.25, 0.3) is 11.8 Å². The van der Waals surface area contributed by atoms with Gasteiger partial charge in [0.2, 0.25) is 0 Å². The molecule has 1 N–H and O–H groups in total. The number of aromatic nitrogens is 1. The summed E-state index contributed by atoms with van der Waals surface area (Å²) in [4.78, 5) is 27.1. The summed E-state index contributed by atoms with van der Waals surface area (Å²) < 4.78 is 15.9. The number of benzene rings is 2. The smallest absolute Gasteiger partial charge is 0.270 e. The Labute approximate surface area is 184 Å². The molecule has 1 saturated heterocycles. The standard InChI is InChI=1S/C24H20FN3O2S/c1-15(2)16-9-11-17(12-10-16)28-23(30)19(22(29)26-24(28)31)14-18-6-5-13-27(18)21-8-4-3-7-20(21)25/h3-15H,1-2H3,(H,26,29,31). The zero-order chi connectivity index (χ0) is 22.1. The van der Waals surface area contributed by atoms with Crippen LogP contribution in [-0.2, 0) is 9.59 Å². The molecular weight excluding hydrogens is 413 g/mol. The maximum atomic E-state index is 14.3. The molecule has 1 aliphatic rings. The van der Waals surface area contributed by atoms with Gasteiger partial charge in [0.1, 0.15) is 11.4 Å². The van der Waals surface area contributed by atoms with Crippen molar-refractivity contribution in [1.82, 2.24) is 9.88 Å². The molecule has 3 aromatic rings. The van der Waals surface area contributed by atoms with Gasteiger partial charge in [0.05, 0.1) is 11.4 Å². The van der Waals surface area contributed by atoms with Crippen LogP contribution in [-0.4, -0.2) is 21.5 Å². The molecule has 0 unspecified atom stereocenters. The fraction of sp³-hybridized carbons (Fsp3) is 0.125. The molecule has 2 heterocycles. The fourth-order valence-corrected chi connectivity index (χ4v) is 3.71. The molecule has 0 spiro atoms. The van der Waals surface area contributed by atoms with E-state index in [2.05, 4.69) is 19.2 Å². The summed E-state index contributed by atoms with van der Waals surface area (Å²) in [6, 6.07) is 17.2. The number of carbonyl (C=O) groups is 2. The summed E-state index contributed by atoms with van der Waals surface area (Å²) in [6.45, 7) is 4.16. The third kappa shape index (κ3) is 3.92. The van der Waals surface area contributed by atoms with Gasteiger partial charge in [0.15, 0.2) is 5.11 Å². The topological polar surface area (TPSA) is 54.3 Å². The van der Waals surface area contributed by atoms with E-state index >= 15 is 0 Å². The molecule has 156 valence electrons. The molecule has 0 saturated carbocycles. The predicted octanol–water partition coefficient (Wildman–Crippen LogP) is 4.57. The number of thiocarbonyl (C=S) groups is 1. The van der Waals surface area contributed by atoms with Crippen molar-refractivity contribution in [2.24, 2.45) is 0 Å². The summed E-state index contributed by atoms with van der Waals surface area (Å²) in [6.07, 6.45) is 3.12. The number of nitrogens with zero attached hydrogens (tertiary/aromatic N) is 2. The van der Waals surface area contributed by atoms with Crippen molar-refractivity contribution in [1.29, 1.82) is 0 Å². The Kier molecular flexibility index (Phi) is 5.52. The quantitative estimate of drug-likeness (QED) is 0.373. The van der Waals surface area contributed by atoms with Crippen LogP contribution in [0.2, 0.25) is 0 Å². The molecule has 0 bridgehead atoms. The number of anilines is 1. The van der Waals surface area contributed by atoms with Crippen LogP contribution in [0.4, 0.5) is 10.1 Å². The second-order valence-electron chi connectivity index (χ2n) is 7.46. The van der Waals surface area contributed by atoms with E-state index in [0.717, 1.165) is 5.56 Å². The molecular formula is C24H20FN3O2S. The van der Waals surface area contributed by atoms with Gasteiger partial charge in [-0.1, -0.05) is 38.1 Å². The average Bonchev–Trinajstić information content (AvgIpc) is 3.19. The maximum absolute atomic E-state index is 14.3. The Hall–Kier alpha value is -3.58. The Morgan fingerprint density at radius 1 is 1.00 bits per heavy atom. The molecule has 7 heteroatoms. The number of nitrogens with one attached hydrogen (secondary N) is 1. The minimum Gasteiger partial charge on any atom is -0.314 e. The first-order valence-electron chi connectivity index (χ1n) is 9.80. The van der Waals surface area contributed by atoms with Crippen LogP contribution in [0.5, 0.6) is 0 Å². The van der Waals surface area contributed by atoms with Crippen molar-refractivity contribution in [2.45, 2.75) is 19.8 Å². The van der Waals surface area contributed by atoms with E-state index in [4.69, 9.17) is 12.2 Å². The van der Waals surface area contributed by atoms with E-state index in [-0.39, 0.29) is 10.7 Å². The highest BCUT2D eigenvalue weighted by Gasteiger charge is 2.34. The van der Waals surface area contributed by atoms with E-state index in [9.17, 15) is 14.0 Å². The minimum atomic E-state index is -0.591. The maximum Gasteiger partial charge on any atom is 0.270 e. The van der Waals surface area contributed by atoms with Crippen LogP contribution in [0.15, 0.2) is 72.4 Å². The Balaban J connectivity index is 1.73. The number of rotatable bonds is 4. The van der Waals surface area contributed by atoms with Crippen LogP contribution < -0.4 is 10.2 Å². The largest absolute Gasteiger partial charge is 0.314 e. The molecule has 4 rings (SSSR count). The third-order valence-corrected chi connectivity index (χ3v) is 5.39. The summed E-state index contributed by atoms with van der Waals surface area (Å²) in [5, 5.41) is 2.60. The molecule has 1 aliphatic heterocycles. The van der Waals surface area contributed by atoms with Gasteiger partial charge in [0, 0.05) is 11.9 Å². The van der Waals surface area contributed by atoms with Crippen molar-refractivity contribution < 1.29 is 14.0 Å². The molecule has 31 heavy (non-hydrogen) atoms. The molecule has 0 aliphatic carbocycles. The van der Waals surface area contributed by atoms with Crippen molar-refractivity contribution in [2.75, 3.05) is 4.90 Å². The molecule has 2 amide bonds. The number of para-hydroxylation sites is 1. The van der Waals surface area contributed by atoms with Crippen molar-refractivity contribution >= 4 is 40.9 Å². The van der Waals surface area contributed by atoms with Gasteiger partial charge in [-0.15, -0.1) is 0 Å². The summed E-state index contributed by atoms with van der Waals surface area (Å²) in [7, 11) is 0. The van der Waals surface area contributed by atoms with Crippen LogP contribution >= 0.6 is 12.2 Å². The number of carbonyl (C=O) groups excluding carboxylic acids is 2. The average molecular weight is 434 g/mol. The highest BCUT2D eigenvalue weighted by atomic mass is 32.1. The highest BCUT2D eigenvalue weighted by molar-refractivity contribution is 7.80. The van der Waals surface area contributed by atoms with Crippen LogP contribution in [0.3, 0.4) is 0 Å². The Bertz CT molecular complexity index is 1210.